The Morgan fingerprint density at radius 2 is 2.08 bits per heavy atom. The zero-order valence-electron chi connectivity index (χ0n) is 9.07. The fraction of sp³-hybridized carbons (Fsp3) is 1.00. The summed E-state index contributed by atoms with van der Waals surface area (Å²) in [7, 11) is 0. The van der Waals surface area contributed by atoms with Crippen LogP contribution in [-0.2, 0) is 0 Å². The number of nitrogens with one attached hydrogen (secondary N) is 1. The average Bonchev–Trinajstić information content (AvgIpc) is 2.03. The number of rotatable bonds is 2. The molecule has 0 spiro atoms. The summed E-state index contributed by atoms with van der Waals surface area (Å²) in [5.74, 6) is 0. The zero-order chi connectivity index (χ0) is 9.90. The van der Waals surface area contributed by atoms with Crippen molar-refractivity contribution < 1.29 is 4.39 Å². The first-order valence-electron chi connectivity index (χ1n) is 5.36. The van der Waals surface area contributed by atoms with Crippen LogP contribution in [-0.4, -0.2) is 18.8 Å². The van der Waals surface area contributed by atoms with Gasteiger partial charge in [0.25, 0.3) is 0 Å². The van der Waals surface area contributed by atoms with E-state index in [1.54, 1.807) is 0 Å². The predicted octanol–water partition coefficient (Wildman–Crippen LogP) is 2.90. The number of hydrogen-bond acceptors (Lipinski definition) is 1. The molecule has 1 fully saturated rings. The van der Waals surface area contributed by atoms with Crippen molar-refractivity contribution in [2.24, 2.45) is 5.41 Å². The Morgan fingerprint density at radius 1 is 1.38 bits per heavy atom. The summed E-state index contributed by atoms with van der Waals surface area (Å²) < 4.78 is 13.7. The molecule has 2 heteroatoms. The van der Waals surface area contributed by atoms with Crippen molar-refractivity contribution >= 4 is 0 Å². The van der Waals surface area contributed by atoms with Gasteiger partial charge in [-0.3, -0.25) is 0 Å². The number of hydrogen-bond donors (Lipinski definition) is 1. The van der Waals surface area contributed by atoms with E-state index >= 15 is 0 Å². The van der Waals surface area contributed by atoms with E-state index in [2.05, 4.69) is 26.1 Å². The molecule has 1 saturated heterocycles. The molecule has 78 valence electrons. The molecule has 0 aromatic rings. The normalized spacial score (nSPS) is 27.2. The minimum Gasteiger partial charge on any atom is -0.311 e. The molecule has 0 aromatic carbocycles. The third-order valence-electron chi connectivity index (χ3n) is 2.59. The lowest BCUT2D eigenvalue weighted by Crippen LogP contribution is -2.42. The summed E-state index contributed by atoms with van der Waals surface area (Å²) in [6, 6.07) is 0.118. The standard InChI is InChI=1S/C11H22FN/c1-11(2,3)8-9(12)10-6-4-5-7-13-10/h9-10,13H,4-8H2,1-3H3. The molecule has 1 heterocycles. The van der Waals surface area contributed by atoms with Crippen LogP contribution in [0.4, 0.5) is 4.39 Å². The molecule has 1 rings (SSSR count). The van der Waals surface area contributed by atoms with Gasteiger partial charge in [-0.2, -0.15) is 0 Å². The Hall–Kier alpha value is -0.110. The van der Waals surface area contributed by atoms with Crippen LogP contribution in [0.2, 0.25) is 0 Å². The van der Waals surface area contributed by atoms with E-state index in [1.165, 1.54) is 12.8 Å². The van der Waals surface area contributed by atoms with E-state index in [4.69, 9.17) is 0 Å². The van der Waals surface area contributed by atoms with E-state index < -0.39 is 6.17 Å². The van der Waals surface area contributed by atoms with Gasteiger partial charge >= 0.3 is 0 Å². The summed E-state index contributed by atoms with van der Waals surface area (Å²) in [6.07, 6.45) is 3.41. The van der Waals surface area contributed by atoms with Crippen molar-refractivity contribution in [3.05, 3.63) is 0 Å². The van der Waals surface area contributed by atoms with Crippen LogP contribution in [0, 0.1) is 5.41 Å². The lowest BCUT2D eigenvalue weighted by Gasteiger charge is -2.30. The monoisotopic (exact) mass is 187 g/mol. The Morgan fingerprint density at radius 3 is 2.54 bits per heavy atom. The number of alkyl halides is 1. The molecule has 0 saturated carbocycles. The van der Waals surface area contributed by atoms with Gasteiger partial charge in [0.1, 0.15) is 6.17 Å². The van der Waals surface area contributed by atoms with Gasteiger partial charge in [-0.1, -0.05) is 27.2 Å². The summed E-state index contributed by atoms with van der Waals surface area (Å²) in [5, 5.41) is 3.27. The Labute approximate surface area is 81.1 Å². The molecule has 0 amide bonds. The quantitative estimate of drug-likeness (QED) is 0.701. The van der Waals surface area contributed by atoms with Crippen molar-refractivity contribution in [1.82, 2.24) is 5.32 Å². The SMILES string of the molecule is CC(C)(C)CC(F)C1CCCCN1. The Bertz CT molecular complexity index is 145. The first kappa shape index (κ1) is 11.0. The molecule has 2 atom stereocenters. The second-order valence-corrected chi connectivity index (χ2v) is 5.34. The van der Waals surface area contributed by atoms with E-state index in [0.29, 0.717) is 6.42 Å². The molecule has 1 aliphatic heterocycles. The fourth-order valence-electron chi connectivity index (χ4n) is 1.91. The first-order chi connectivity index (χ1) is 5.99. The van der Waals surface area contributed by atoms with E-state index in [1.807, 2.05) is 0 Å². The highest BCUT2D eigenvalue weighted by Crippen LogP contribution is 2.26. The molecule has 1 aliphatic rings. The maximum Gasteiger partial charge on any atom is 0.116 e. The highest BCUT2D eigenvalue weighted by Gasteiger charge is 2.26. The first-order valence-corrected chi connectivity index (χ1v) is 5.36. The van der Waals surface area contributed by atoms with E-state index in [9.17, 15) is 4.39 Å². The zero-order valence-corrected chi connectivity index (χ0v) is 9.07. The van der Waals surface area contributed by atoms with Gasteiger partial charge in [-0.05, 0) is 31.2 Å². The second kappa shape index (κ2) is 4.41. The van der Waals surface area contributed by atoms with Crippen molar-refractivity contribution in [3.63, 3.8) is 0 Å². The Balaban J connectivity index is 2.33. The third kappa shape index (κ3) is 4.08. The lowest BCUT2D eigenvalue weighted by atomic mass is 9.86. The van der Waals surface area contributed by atoms with Crippen molar-refractivity contribution in [3.8, 4) is 0 Å². The summed E-state index contributed by atoms with van der Waals surface area (Å²) >= 11 is 0. The molecular weight excluding hydrogens is 165 g/mol. The molecule has 2 unspecified atom stereocenters. The highest BCUT2D eigenvalue weighted by atomic mass is 19.1. The third-order valence-corrected chi connectivity index (χ3v) is 2.59. The molecule has 0 aliphatic carbocycles. The molecule has 13 heavy (non-hydrogen) atoms. The van der Waals surface area contributed by atoms with Crippen LogP contribution in [0.1, 0.15) is 46.5 Å². The highest BCUT2D eigenvalue weighted by molar-refractivity contribution is 4.82. The van der Waals surface area contributed by atoms with Crippen LogP contribution in [0.15, 0.2) is 0 Å². The minimum absolute atomic E-state index is 0.110. The van der Waals surface area contributed by atoms with Gasteiger partial charge in [0.2, 0.25) is 0 Å². The van der Waals surface area contributed by atoms with Crippen LogP contribution in [0.25, 0.3) is 0 Å². The molecule has 1 nitrogen and oxygen atoms in total. The van der Waals surface area contributed by atoms with E-state index in [-0.39, 0.29) is 11.5 Å². The topological polar surface area (TPSA) is 12.0 Å². The Kier molecular flexibility index (Phi) is 3.72. The smallest absolute Gasteiger partial charge is 0.116 e. The van der Waals surface area contributed by atoms with Gasteiger partial charge in [0.05, 0.1) is 0 Å². The van der Waals surface area contributed by atoms with Crippen molar-refractivity contribution in [2.75, 3.05) is 6.54 Å². The fourth-order valence-corrected chi connectivity index (χ4v) is 1.91. The van der Waals surface area contributed by atoms with Gasteiger partial charge in [-0.15, -0.1) is 0 Å². The van der Waals surface area contributed by atoms with Crippen LogP contribution >= 0.6 is 0 Å². The van der Waals surface area contributed by atoms with Gasteiger partial charge in [0, 0.05) is 6.04 Å². The molecule has 1 N–H and O–H groups in total. The minimum atomic E-state index is -0.666. The average molecular weight is 187 g/mol. The summed E-state index contributed by atoms with van der Waals surface area (Å²) in [5.41, 5.74) is 0.110. The maximum absolute atomic E-state index is 13.7. The van der Waals surface area contributed by atoms with Gasteiger partial charge < -0.3 is 5.32 Å². The number of piperidine rings is 1. The van der Waals surface area contributed by atoms with Gasteiger partial charge in [0.15, 0.2) is 0 Å². The summed E-state index contributed by atoms with van der Waals surface area (Å²) in [6.45, 7) is 7.29. The lowest BCUT2D eigenvalue weighted by molar-refractivity contribution is 0.158. The van der Waals surface area contributed by atoms with Crippen LogP contribution in [0.3, 0.4) is 0 Å². The van der Waals surface area contributed by atoms with Crippen molar-refractivity contribution in [1.29, 1.82) is 0 Å². The molecule has 0 bridgehead atoms. The molecule has 0 radical (unpaired) electrons. The van der Waals surface area contributed by atoms with Crippen LogP contribution < -0.4 is 5.32 Å². The second-order valence-electron chi connectivity index (χ2n) is 5.34. The van der Waals surface area contributed by atoms with E-state index in [0.717, 1.165) is 13.0 Å². The largest absolute Gasteiger partial charge is 0.311 e. The van der Waals surface area contributed by atoms with Gasteiger partial charge in [-0.25, -0.2) is 4.39 Å². The maximum atomic E-state index is 13.7. The van der Waals surface area contributed by atoms with Crippen molar-refractivity contribution in [2.45, 2.75) is 58.7 Å². The molecular formula is C11H22FN. The summed E-state index contributed by atoms with van der Waals surface area (Å²) in [4.78, 5) is 0. The molecule has 0 aromatic heterocycles. The number of halogens is 1. The van der Waals surface area contributed by atoms with Crippen LogP contribution in [0.5, 0.6) is 0 Å². The predicted molar refractivity (Wildman–Crippen MR) is 54.6 cm³/mol.